The molecule has 0 aliphatic carbocycles. The van der Waals surface area contributed by atoms with E-state index in [4.69, 9.17) is 0 Å². The summed E-state index contributed by atoms with van der Waals surface area (Å²) in [5.74, 6) is 0.887. The average Bonchev–Trinajstić information content (AvgIpc) is 2.38. The summed E-state index contributed by atoms with van der Waals surface area (Å²) in [5.41, 5.74) is 2.13. The van der Waals surface area contributed by atoms with Crippen molar-refractivity contribution in [3.05, 3.63) is 29.6 Å². The van der Waals surface area contributed by atoms with Crippen LogP contribution >= 0.6 is 11.8 Å². The number of nitrogens with one attached hydrogen (secondary N) is 1. The Morgan fingerprint density at radius 2 is 2.05 bits per heavy atom. The maximum Gasteiger partial charge on any atom is 0.123 e. The Labute approximate surface area is 120 Å². The van der Waals surface area contributed by atoms with Crippen molar-refractivity contribution in [3.8, 4) is 0 Å². The van der Waals surface area contributed by atoms with Crippen LogP contribution in [0.25, 0.3) is 0 Å². The highest BCUT2D eigenvalue weighted by Crippen LogP contribution is 2.28. The molecule has 1 aromatic carbocycles. The molecule has 0 radical (unpaired) electrons. The fourth-order valence-corrected chi connectivity index (χ4v) is 2.91. The van der Waals surface area contributed by atoms with Crippen molar-refractivity contribution in [2.24, 2.45) is 0 Å². The average molecular weight is 284 g/mol. The molecule has 1 aromatic rings. The standard InChI is InChI=1S/C15H25FN2S/c1-6-17-12(3)14-9-13(16)7-8-15(14)18(4)11(2)10-19-5/h7-9,11-12,17H,6,10H2,1-5H3. The van der Waals surface area contributed by atoms with Crippen molar-refractivity contribution >= 4 is 17.4 Å². The third kappa shape index (κ3) is 4.39. The molecule has 2 unspecified atom stereocenters. The Bertz CT molecular complexity index is 398. The second-order valence-corrected chi connectivity index (χ2v) is 5.81. The summed E-state index contributed by atoms with van der Waals surface area (Å²) in [6.07, 6.45) is 2.11. The van der Waals surface area contributed by atoms with E-state index >= 15 is 0 Å². The third-order valence-electron chi connectivity index (χ3n) is 3.42. The van der Waals surface area contributed by atoms with Gasteiger partial charge in [0.2, 0.25) is 0 Å². The van der Waals surface area contributed by atoms with E-state index in [1.54, 1.807) is 12.1 Å². The van der Waals surface area contributed by atoms with Gasteiger partial charge >= 0.3 is 0 Å². The Balaban J connectivity index is 3.05. The number of thioether (sulfide) groups is 1. The first-order chi connectivity index (χ1) is 9.01. The van der Waals surface area contributed by atoms with Crippen LogP contribution in [0.1, 0.15) is 32.4 Å². The Morgan fingerprint density at radius 3 is 2.63 bits per heavy atom. The zero-order valence-corrected chi connectivity index (χ0v) is 13.4. The molecule has 1 N–H and O–H groups in total. The van der Waals surface area contributed by atoms with Crippen molar-refractivity contribution in [2.75, 3.05) is 30.5 Å². The molecule has 108 valence electrons. The van der Waals surface area contributed by atoms with Crippen LogP contribution in [0, 0.1) is 5.82 Å². The number of nitrogens with zero attached hydrogens (tertiary/aromatic N) is 1. The van der Waals surface area contributed by atoms with Crippen LogP contribution in [-0.4, -0.2) is 31.6 Å². The lowest BCUT2D eigenvalue weighted by Gasteiger charge is -2.30. The predicted octanol–water partition coefficient (Wildman–Crippen LogP) is 3.68. The number of hydrogen-bond donors (Lipinski definition) is 1. The van der Waals surface area contributed by atoms with Crippen LogP contribution in [0.4, 0.5) is 10.1 Å². The van der Waals surface area contributed by atoms with Crippen LogP contribution in [0.3, 0.4) is 0 Å². The molecule has 19 heavy (non-hydrogen) atoms. The van der Waals surface area contributed by atoms with Gasteiger partial charge < -0.3 is 10.2 Å². The van der Waals surface area contributed by atoms with Gasteiger partial charge in [-0.15, -0.1) is 0 Å². The van der Waals surface area contributed by atoms with Crippen LogP contribution in [0.2, 0.25) is 0 Å². The minimum atomic E-state index is -0.172. The highest BCUT2D eigenvalue weighted by atomic mass is 32.2. The summed E-state index contributed by atoms with van der Waals surface area (Å²) in [6, 6.07) is 5.65. The summed E-state index contributed by atoms with van der Waals surface area (Å²) in [5, 5.41) is 3.36. The Hall–Kier alpha value is -0.740. The molecule has 0 heterocycles. The molecule has 0 amide bonds. The second kappa shape index (κ2) is 7.75. The molecule has 0 fully saturated rings. The molecule has 0 bridgehead atoms. The minimum absolute atomic E-state index is 0.152. The van der Waals surface area contributed by atoms with Crippen molar-refractivity contribution in [3.63, 3.8) is 0 Å². The maximum absolute atomic E-state index is 13.5. The molecule has 0 aromatic heterocycles. The summed E-state index contributed by atoms with van der Waals surface area (Å²) in [6.45, 7) is 7.22. The third-order valence-corrected chi connectivity index (χ3v) is 4.23. The molecule has 1 rings (SSSR count). The summed E-state index contributed by atoms with van der Waals surface area (Å²) in [7, 11) is 2.08. The van der Waals surface area contributed by atoms with E-state index in [2.05, 4.69) is 44.3 Å². The van der Waals surface area contributed by atoms with Crippen molar-refractivity contribution in [1.82, 2.24) is 5.32 Å². The highest BCUT2D eigenvalue weighted by Gasteiger charge is 2.17. The number of hydrogen-bond acceptors (Lipinski definition) is 3. The SMILES string of the molecule is CCNC(C)c1cc(F)ccc1N(C)C(C)CSC. The van der Waals surface area contributed by atoms with Crippen molar-refractivity contribution in [1.29, 1.82) is 0 Å². The van der Waals surface area contributed by atoms with E-state index in [1.165, 1.54) is 0 Å². The quantitative estimate of drug-likeness (QED) is 0.822. The van der Waals surface area contributed by atoms with E-state index < -0.39 is 0 Å². The second-order valence-electron chi connectivity index (χ2n) is 4.90. The van der Waals surface area contributed by atoms with Gasteiger partial charge in [0, 0.05) is 30.6 Å². The number of benzene rings is 1. The normalized spacial score (nSPS) is 14.2. The lowest BCUT2D eigenvalue weighted by molar-refractivity contribution is 0.580. The van der Waals surface area contributed by atoms with Gasteiger partial charge in [0.25, 0.3) is 0 Å². The van der Waals surface area contributed by atoms with Crippen LogP contribution < -0.4 is 10.2 Å². The molecule has 0 aliphatic heterocycles. The van der Waals surface area contributed by atoms with Gasteiger partial charge in [0.1, 0.15) is 5.82 Å². The first kappa shape index (κ1) is 16.3. The maximum atomic E-state index is 13.5. The van der Waals surface area contributed by atoms with Gasteiger partial charge in [-0.1, -0.05) is 6.92 Å². The first-order valence-corrected chi connectivity index (χ1v) is 8.15. The summed E-state index contributed by atoms with van der Waals surface area (Å²) < 4.78 is 13.5. The molecule has 2 nitrogen and oxygen atoms in total. The van der Waals surface area contributed by atoms with E-state index in [1.807, 2.05) is 17.8 Å². The van der Waals surface area contributed by atoms with Gasteiger partial charge in [-0.05, 0) is 50.4 Å². The van der Waals surface area contributed by atoms with Gasteiger partial charge in [-0.3, -0.25) is 0 Å². The molecule has 0 aliphatic rings. The molecule has 2 atom stereocenters. The smallest absolute Gasteiger partial charge is 0.123 e. The first-order valence-electron chi connectivity index (χ1n) is 6.75. The fraction of sp³-hybridized carbons (Fsp3) is 0.600. The van der Waals surface area contributed by atoms with E-state index in [0.29, 0.717) is 6.04 Å². The van der Waals surface area contributed by atoms with E-state index in [0.717, 1.165) is 23.5 Å². The number of anilines is 1. The van der Waals surface area contributed by atoms with Gasteiger partial charge in [0.05, 0.1) is 0 Å². The number of halogens is 1. The zero-order valence-electron chi connectivity index (χ0n) is 12.5. The van der Waals surface area contributed by atoms with Crippen LogP contribution in [0.15, 0.2) is 18.2 Å². The monoisotopic (exact) mass is 284 g/mol. The van der Waals surface area contributed by atoms with Crippen molar-refractivity contribution in [2.45, 2.75) is 32.9 Å². The van der Waals surface area contributed by atoms with Gasteiger partial charge in [0.15, 0.2) is 0 Å². The summed E-state index contributed by atoms with van der Waals surface area (Å²) >= 11 is 1.83. The largest absolute Gasteiger partial charge is 0.371 e. The van der Waals surface area contributed by atoms with Gasteiger partial charge in [-0.25, -0.2) is 4.39 Å². The highest BCUT2D eigenvalue weighted by molar-refractivity contribution is 7.98. The summed E-state index contributed by atoms with van der Waals surface area (Å²) in [4.78, 5) is 2.24. The molecular weight excluding hydrogens is 259 g/mol. The Morgan fingerprint density at radius 1 is 1.37 bits per heavy atom. The van der Waals surface area contributed by atoms with Crippen LogP contribution in [0.5, 0.6) is 0 Å². The molecule has 0 spiro atoms. The van der Waals surface area contributed by atoms with E-state index in [9.17, 15) is 4.39 Å². The number of rotatable bonds is 7. The molecule has 0 saturated carbocycles. The van der Waals surface area contributed by atoms with E-state index in [-0.39, 0.29) is 11.9 Å². The van der Waals surface area contributed by atoms with Crippen LogP contribution in [-0.2, 0) is 0 Å². The molecule has 0 saturated heterocycles. The lowest BCUT2D eigenvalue weighted by Crippen LogP contribution is -2.32. The lowest BCUT2D eigenvalue weighted by atomic mass is 10.0. The zero-order chi connectivity index (χ0) is 14.4. The Kier molecular flexibility index (Phi) is 6.66. The minimum Gasteiger partial charge on any atom is -0.371 e. The molecule has 4 heteroatoms. The van der Waals surface area contributed by atoms with Crippen molar-refractivity contribution < 1.29 is 4.39 Å². The fourth-order valence-electron chi connectivity index (χ4n) is 2.20. The topological polar surface area (TPSA) is 15.3 Å². The molecular formula is C15H25FN2S. The van der Waals surface area contributed by atoms with Gasteiger partial charge in [-0.2, -0.15) is 11.8 Å². The predicted molar refractivity (Wildman–Crippen MR) is 84.7 cm³/mol.